The molecule has 0 saturated carbocycles. The summed E-state index contributed by atoms with van der Waals surface area (Å²) in [5.74, 6) is 0.931. The number of carbonyl (C=O) groups is 1. The van der Waals surface area contributed by atoms with E-state index in [-0.39, 0.29) is 11.8 Å². The Morgan fingerprint density at radius 3 is 2.69 bits per heavy atom. The molecule has 1 aromatic rings. The van der Waals surface area contributed by atoms with Crippen LogP contribution in [0.5, 0.6) is 5.75 Å². The number of ketones is 1. The number of ether oxygens (including phenoxy) is 1. The summed E-state index contributed by atoms with van der Waals surface area (Å²) < 4.78 is 5.16. The number of likely N-dealkylation sites (N-methyl/N-ethyl adjacent to an activating group) is 1. The Kier molecular flexibility index (Phi) is 4.50. The van der Waals surface area contributed by atoms with Crippen molar-refractivity contribution in [3.05, 3.63) is 29.3 Å². The quantitative estimate of drug-likeness (QED) is 0.774. The molecule has 1 N–H and O–H groups in total. The zero-order chi connectivity index (χ0) is 12.1. The molecule has 0 radical (unpaired) electrons. The second-order valence-electron chi connectivity index (χ2n) is 3.83. The van der Waals surface area contributed by atoms with E-state index in [0.29, 0.717) is 0 Å². The summed E-state index contributed by atoms with van der Waals surface area (Å²) in [4.78, 5) is 12.0. The molecule has 0 spiro atoms. The first-order valence-corrected chi connectivity index (χ1v) is 5.52. The van der Waals surface area contributed by atoms with Crippen molar-refractivity contribution in [3.8, 4) is 5.75 Å². The van der Waals surface area contributed by atoms with Crippen LogP contribution in [-0.2, 0) is 0 Å². The van der Waals surface area contributed by atoms with Crippen molar-refractivity contribution in [2.45, 2.75) is 26.8 Å². The average molecular weight is 221 g/mol. The van der Waals surface area contributed by atoms with Crippen LogP contribution in [0.4, 0.5) is 0 Å². The third-order valence-corrected chi connectivity index (χ3v) is 2.58. The number of Topliss-reactive ketones (excluding diaryl/α,β-unsaturated/α-hetero) is 1. The van der Waals surface area contributed by atoms with Gasteiger partial charge in [0.25, 0.3) is 0 Å². The fourth-order valence-corrected chi connectivity index (χ4v) is 1.68. The third-order valence-electron chi connectivity index (χ3n) is 2.58. The van der Waals surface area contributed by atoms with Crippen molar-refractivity contribution in [1.82, 2.24) is 5.32 Å². The molecular formula is C13H19NO2. The molecule has 0 aliphatic carbocycles. The number of methoxy groups -OCH3 is 1. The number of aryl methyl sites for hydroxylation is 1. The molecule has 3 nitrogen and oxygen atoms in total. The lowest BCUT2D eigenvalue weighted by Gasteiger charge is -2.12. The Labute approximate surface area is 96.8 Å². The van der Waals surface area contributed by atoms with Gasteiger partial charge in [-0.3, -0.25) is 4.79 Å². The monoisotopic (exact) mass is 221 g/mol. The molecule has 0 saturated heterocycles. The van der Waals surface area contributed by atoms with Crippen molar-refractivity contribution in [2.75, 3.05) is 13.7 Å². The second-order valence-corrected chi connectivity index (χ2v) is 3.83. The zero-order valence-corrected chi connectivity index (χ0v) is 10.3. The first-order valence-electron chi connectivity index (χ1n) is 5.52. The molecule has 0 aromatic heterocycles. The Balaban J connectivity index is 2.88. The van der Waals surface area contributed by atoms with Gasteiger partial charge in [0.1, 0.15) is 5.75 Å². The van der Waals surface area contributed by atoms with Gasteiger partial charge in [-0.15, -0.1) is 0 Å². The standard InChI is InChI=1S/C13H19NO2/c1-5-14-10(3)13(15)11-6-7-12(16-4)9(2)8-11/h6-8,10,14H,5H2,1-4H3. The molecule has 0 bridgehead atoms. The highest BCUT2D eigenvalue weighted by Crippen LogP contribution is 2.19. The predicted octanol–water partition coefficient (Wildman–Crippen LogP) is 2.18. The maximum absolute atomic E-state index is 12.0. The van der Waals surface area contributed by atoms with Gasteiger partial charge < -0.3 is 10.1 Å². The van der Waals surface area contributed by atoms with Gasteiger partial charge in [0.2, 0.25) is 0 Å². The summed E-state index contributed by atoms with van der Waals surface area (Å²) in [6.07, 6.45) is 0. The Morgan fingerprint density at radius 1 is 1.50 bits per heavy atom. The minimum absolute atomic E-state index is 0.118. The molecular weight excluding hydrogens is 202 g/mol. The van der Waals surface area contributed by atoms with Crippen molar-refractivity contribution in [3.63, 3.8) is 0 Å². The van der Waals surface area contributed by atoms with E-state index in [4.69, 9.17) is 4.74 Å². The Morgan fingerprint density at radius 2 is 2.19 bits per heavy atom. The molecule has 0 amide bonds. The minimum atomic E-state index is -0.141. The highest BCUT2D eigenvalue weighted by atomic mass is 16.5. The van der Waals surface area contributed by atoms with Crippen LogP contribution in [0.3, 0.4) is 0 Å². The number of hydrogen-bond donors (Lipinski definition) is 1. The first kappa shape index (κ1) is 12.7. The minimum Gasteiger partial charge on any atom is -0.496 e. The number of hydrogen-bond acceptors (Lipinski definition) is 3. The molecule has 88 valence electrons. The van der Waals surface area contributed by atoms with Gasteiger partial charge in [-0.2, -0.15) is 0 Å². The number of nitrogens with one attached hydrogen (secondary N) is 1. The lowest BCUT2D eigenvalue weighted by molar-refractivity contribution is 0.0952. The van der Waals surface area contributed by atoms with Gasteiger partial charge in [-0.25, -0.2) is 0 Å². The third kappa shape index (κ3) is 2.83. The molecule has 0 fully saturated rings. The predicted molar refractivity (Wildman–Crippen MR) is 65.2 cm³/mol. The SMILES string of the molecule is CCNC(C)C(=O)c1ccc(OC)c(C)c1. The van der Waals surface area contributed by atoms with Gasteiger partial charge in [0.05, 0.1) is 13.2 Å². The lowest BCUT2D eigenvalue weighted by atomic mass is 10.0. The van der Waals surface area contributed by atoms with Gasteiger partial charge in [0, 0.05) is 5.56 Å². The second kappa shape index (κ2) is 5.66. The molecule has 1 rings (SSSR count). The van der Waals surface area contributed by atoms with E-state index >= 15 is 0 Å². The van der Waals surface area contributed by atoms with E-state index in [1.165, 1.54) is 0 Å². The highest BCUT2D eigenvalue weighted by Gasteiger charge is 2.14. The summed E-state index contributed by atoms with van der Waals surface area (Å²) in [5, 5.41) is 3.11. The van der Waals surface area contributed by atoms with Crippen molar-refractivity contribution < 1.29 is 9.53 Å². The van der Waals surface area contributed by atoms with Crippen LogP contribution in [0.25, 0.3) is 0 Å². The summed E-state index contributed by atoms with van der Waals surface area (Å²) in [6, 6.07) is 5.37. The fraction of sp³-hybridized carbons (Fsp3) is 0.462. The summed E-state index contributed by atoms with van der Waals surface area (Å²) >= 11 is 0. The molecule has 0 aliphatic rings. The Bertz CT molecular complexity index is 374. The lowest BCUT2D eigenvalue weighted by Crippen LogP contribution is -2.33. The van der Waals surface area contributed by atoms with E-state index in [0.717, 1.165) is 23.4 Å². The van der Waals surface area contributed by atoms with Crippen molar-refractivity contribution in [1.29, 1.82) is 0 Å². The topological polar surface area (TPSA) is 38.3 Å². The van der Waals surface area contributed by atoms with E-state index in [9.17, 15) is 4.79 Å². The van der Waals surface area contributed by atoms with Crippen LogP contribution >= 0.6 is 0 Å². The van der Waals surface area contributed by atoms with Crippen LogP contribution in [-0.4, -0.2) is 25.5 Å². The number of rotatable bonds is 5. The fourth-order valence-electron chi connectivity index (χ4n) is 1.68. The van der Waals surface area contributed by atoms with Crippen molar-refractivity contribution in [2.24, 2.45) is 0 Å². The van der Waals surface area contributed by atoms with E-state index in [2.05, 4.69) is 5.32 Å². The van der Waals surface area contributed by atoms with Crippen LogP contribution in [0.15, 0.2) is 18.2 Å². The van der Waals surface area contributed by atoms with Gasteiger partial charge in [0.15, 0.2) is 5.78 Å². The smallest absolute Gasteiger partial charge is 0.179 e. The van der Waals surface area contributed by atoms with E-state index < -0.39 is 0 Å². The largest absolute Gasteiger partial charge is 0.496 e. The van der Waals surface area contributed by atoms with Gasteiger partial charge in [-0.05, 0) is 44.2 Å². The summed E-state index contributed by atoms with van der Waals surface area (Å²) in [7, 11) is 1.63. The van der Waals surface area contributed by atoms with E-state index in [1.807, 2.05) is 39.0 Å². The van der Waals surface area contributed by atoms with Crippen LogP contribution in [0.1, 0.15) is 29.8 Å². The van der Waals surface area contributed by atoms with Crippen LogP contribution in [0, 0.1) is 6.92 Å². The number of benzene rings is 1. The molecule has 0 heterocycles. The van der Waals surface area contributed by atoms with E-state index in [1.54, 1.807) is 7.11 Å². The van der Waals surface area contributed by atoms with Gasteiger partial charge in [-0.1, -0.05) is 6.92 Å². The Hall–Kier alpha value is -1.35. The van der Waals surface area contributed by atoms with Crippen LogP contribution in [0.2, 0.25) is 0 Å². The molecule has 1 atom stereocenters. The molecule has 3 heteroatoms. The summed E-state index contributed by atoms with van der Waals surface area (Å²) in [6.45, 7) is 6.60. The summed E-state index contributed by atoms with van der Waals surface area (Å²) in [5.41, 5.74) is 1.71. The first-order chi connectivity index (χ1) is 7.60. The average Bonchev–Trinajstić information content (AvgIpc) is 2.28. The van der Waals surface area contributed by atoms with Gasteiger partial charge >= 0.3 is 0 Å². The molecule has 16 heavy (non-hydrogen) atoms. The number of carbonyl (C=O) groups excluding carboxylic acids is 1. The maximum Gasteiger partial charge on any atom is 0.179 e. The van der Waals surface area contributed by atoms with Crippen LogP contribution < -0.4 is 10.1 Å². The maximum atomic E-state index is 12.0. The molecule has 0 aliphatic heterocycles. The van der Waals surface area contributed by atoms with Crippen molar-refractivity contribution >= 4 is 5.78 Å². The molecule has 1 unspecified atom stereocenters. The highest BCUT2D eigenvalue weighted by molar-refractivity contribution is 6.00. The molecule has 1 aromatic carbocycles. The normalized spacial score (nSPS) is 12.2. The zero-order valence-electron chi connectivity index (χ0n) is 10.3.